The number of halogens is 1. The molecule has 2 aliphatic heterocycles. The zero-order valence-corrected chi connectivity index (χ0v) is 20.2. The molecule has 34 heavy (non-hydrogen) atoms. The first kappa shape index (κ1) is 21.4. The number of carbonyl (C=O) groups is 2. The van der Waals surface area contributed by atoms with Gasteiger partial charge in [-0.25, -0.2) is 4.98 Å². The van der Waals surface area contributed by atoms with Gasteiger partial charge in [-0.1, -0.05) is 54.1 Å². The summed E-state index contributed by atoms with van der Waals surface area (Å²) in [5, 5.41) is 6.54. The van der Waals surface area contributed by atoms with E-state index in [0.717, 1.165) is 28.2 Å². The summed E-state index contributed by atoms with van der Waals surface area (Å²) in [6, 6.07) is 23.2. The summed E-state index contributed by atoms with van der Waals surface area (Å²) in [6.45, 7) is 0. The number of nitrogens with one attached hydrogen (secondary N) is 1. The fraction of sp³-hybridized carbons (Fsp3) is 0.115. The Morgan fingerprint density at radius 1 is 1.03 bits per heavy atom. The Labute approximate surface area is 209 Å². The van der Waals surface area contributed by atoms with Gasteiger partial charge in [0, 0.05) is 39.3 Å². The highest BCUT2D eigenvalue weighted by Gasteiger charge is 2.58. The van der Waals surface area contributed by atoms with Crippen LogP contribution in [0.15, 0.2) is 78.2 Å². The molecule has 2 amide bonds. The van der Waals surface area contributed by atoms with Crippen LogP contribution in [0.1, 0.15) is 16.1 Å². The van der Waals surface area contributed by atoms with Crippen LogP contribution in [-0.2, 0) is 20.9 Å². The third-order valence-electron chi connectivity index (χ3n) is 6.04. The number of anilines is 2. The molecule has 1 saturated heterocycles. The van der Waals surface area contributed by atoms with Gasteiger partial charge in [-0.15, -0.1) is 23.1 Å². The third kappa shape index (κ3) is 3.43. The number of rotatable bonds is 4. The lowest BCUT2D eigenvalue weighted by atomic mass is 10.0. The second kappa shape index (κ2) is 8.27. The van der Waals surface area contributed by atoms with Crippen LogP contribution >= 0.6 is 34.7 Å². The zero-order chi connectivity index (χ0) is 23.3. The van der Waals surface area contributed by atoms with Crippen LogP contribution < -0.4 is 10.2 Å². The third-order valence-corrected chi connectivity index (χ3v) is 8.52. The van der Waals surface area contributed by atoms with Gasteiger partial charge in [0.15, 0.2) is 0 Å². The fourth-order valence-corrected chi connectivity index (χ4v) is 6.79. The molecule has 3 aromatic carbocycles. The number of amides is 2. The van der Waals surface area contributed by atoms with E-state index in [9.17, 15) is 9.59 Å². The predicted molar refractivity (Wildman–Crippen MR) is 139 cm³/mol. The van der Waals surface area contributed by atoms with Gasteiger partial charge in [0.1, 0.15) is 0 Å². The molecule has 6 rings (SSSR count). The summed E-state index contributed by atoms with van der Waals surface area (Å²) in [5.74, 6) is -0.120. The average Bonchev–Trinajstić information content (AvgIpc) is 3.52. The Kier molecular flexibility index (Phi) is 5.21. The molecule has 1 aromatic heterocycles. The SMILES string of the molecule is O=C1CSC2(C(=O)Nc3ccc(Cl)cc32)N1c1ccc(-c2csc(Cc3ccccc3)n2)cc1. The maximum Gasteiger partial charge on any atom is 0.266 e. The minimum atomic E-state index is -1.15. The van der Waals surface area contributed by atoms with Crippen molar-refractivity contribution in [2.45, 2.75) is 11.3 Å². The normalized spacial score (nSPS) is 19.0. The van der Waals surface area contributed by atoms with Crippen molar-refractivity contribution in [3.05, 3.63) is 99.3 Å². The number of nitrogens with zero attached hydrogens (tertiary/aromatic N) is 2. The van der Waals surface area contributed by atoms with Gasteiger partial charge < -0.3 is 5.32 Å². The van der Waals surface area contributed by atoms with Gasteiger partial charge in [-0.2, -0.15) is 0 Å². The number of aromatic nitrogens is 1. The van der Waals surface area contributed by atoms with E-state index in [1.807, 2.05) is 47.8 Å². The molecule has 0 saturated carbocycles. The highest BCUT2D eigenvalue weighted by atomic mass is 35.5. The van der Waals surface area contributed by atoms with E-state index in [0.29, 0.717) is 16.4 Å². The van der Waals surface area contributed by atoms with Crippen LogP contribution in [0.5, 0.6) is 0 Å². The summed E-state index contributed by atoms with van der Waals surface area (Å²) < 4.78 is 0. The van der Waals surface area contributed by atoms with Gasteiger partial charge in [0.2, 0.25) is 10.8 Å². The Morgan fingerprint density at radius 2 is 1.82 bits per heavy atom. The van der Waals surface area contributed by atoms with E-state index in [4.69, 9.17) is 16.6 Å². The van der Waals surface area contributed by atoms with Crippen LogP contribution in [0.2, 0.25) is 5.02 Å². The number of fused-ring (bicyclic) bond motifs is 2. The van der Waals surface area contributed by atoms with Gasteiger partial charge in [-0.05, 0) is 35.9 Å². The zero-order valence-electron chi connectivity index (χ0n) is 17.8. The number of benzene rings is 3. The van der Waals surface area contributed by atoms with E-state index >= 15 is 0 Å². The molecule has 1 atom stereocenters. The van der Waals surface area contributed by atoms with Gasteiger partial charge >= 0.3 is 0 Å². The Morgan fingerprint density at radius 3 is 2.62 bits per heavy atom. The van der Waals surface area contributed by atoms with Crippen LogP contribution in [0.4, 0.5) is 11.4 Å². The van der Waals surface area contributed by atoms with Crippen molar-refractivity contribution in [2.24, 2.45) is 0 Å². The Hall–Kier alpha value is -3.13. The highest BCUT2D eigenvalue weighted by Crippen LogP contribution is 2.54. The molecule has 1 fully saturated rings. The second-order valence-electron chi connectivity index (χ2n) is 8.14. The minimum Gasteiger partial charge on any atom is -0.323 e. The van der Waals surface area contributed by atoms with Gasteiger partial charge in [-0.3, -0.25) is 14.5 Å². The molecule has 0 bridgehead atoms. The summed E-state index contributed by atoms with van der Waals surface area (Å²) >= 11 is 9.20. The number of carbonyl (C=O) groups excluding carboxylic acids is 2. The maximum absolute atomic E-state index is 13.2. The van der Waals surface area contributed by atoms with Crippen molar-refractivity contribution in [1.29, 1.82) is 0 Å². The minimum absolute atomic E-state index is 0.112. The lowest BCUT2D eigenvalue weighted by Crippen LogP contribution is -2.47. The van der Waals surface area contributed by atoms with E-state index in [-0.39, 0.29) is 17.6 Å². The molecule has 0 aliphatic carbocycles. The number of hydrogen-bond acceptors (Lipinski definition) is 5. The molecule has 168 valence electrons. The topological polar surface area (TPSA) is 62.3 Å². The maximum atomic E-state index is 13.2. The molecular weight excluding hydrogens is 486 g/mol. The van der Waals surface area contributed by atoms with Crippen molar-refractivity contribution in [3.63, 3.8) is 0 Å². The second-order valence-corrected chi connectivity index (χ2v) is 10.7. The number of thiazole rings is 1. The van der Waals surface area contributed by atoms with Gasteiger partial charge in [0.05, 0.1) is 16.5 Å². The van der Waals surface area contributed by atoms with Crippen molar-refractivity contribution in [1.82, 2.24) is 4.98 Å². The molecule has 2 aliphatic rings. The predicted octanol–water partition coefficient (Wildman–Crippen LogP) is 5.94. The van der Waals surface area contributed by atoms with Crippen molar-refractivity contribution >= 4 is 57.9 Å². The largest absolute Gasteiger partial charge is 0.323 e. The number of thioether (sulfide) groups is 1. The molecule has 3 heterocycles. The van der Waals surface area contributed by atoms with Crippen LogP contribution in [0, 0.1) is 0 Å². The lowest BCUT2D eigenvalue weighted by molar-refractivity contribution is -0.122. The molecule has 1 spiro atoms. The molecule has 0 radical (unpaired) electrons. The van der Waals surface area contributed by atoms with E-state index < -0.39 is 4.87 Å². The quantitative estimate of drug-likeness (QED) is 0.374. The lowest BCUT2D eigenvalue weighted by Gasteiger charge is -2.32. The van der Waals surface area contributed by atoms with E-state index in [1.54, 1.807) is 34.4 Å². The van der Waals surface area contributed by atoms with Crippen molar-refractivity contribution in [3.8, 4) is 11.3 Å². The molecule has 5 nitrogen and oxygen atoms in total. The van der Waals surface area contributed by atoms with Gasteiger partial charge in [0.25, 0.3) is 5.91 Å². The van der Waals surface area contributed by atoms with Crippen molar-refractivity contribution in [2.75, 3.05) is 16.0 Å². The molecule has 4 aromatic rings. The first-order valence-corrected chi connectivity index (χ1v) is 13.0. The first-order valence-electron chi connectivity index (χ1n) is 10.7. The molecular formula is C26H18ClN3O2S2. The van der Waals surface area contributed by atoms with E-state index in [1.165, 1.54) is 17.3 Å². The van der Waals surface area contributed by atoms with Crippen LogP contribution in [0.3, 0.4) is 0 Å². The monoisotopic (exact) mass is 503 g/mol. The molecule has 1 unspecified atom stereocenters. The summed E-state index contributed by atoms with van der Waals surface area (Å²) in [5.41, 5.74) is 5.16. The average molecular weight is 504 g/mol. The highest BCUT2D eigenvalue weighted by molar-refractivity contribution is 8.02. The summed E-state index contributed by atoms with van der Waals surface area (Å²) in [7, 11) is 0. The van der Waals surface area contributed by atoms with Crippen molar-refractivity contribution < 1.29 is 9.59 Å². The fourth-order valence-electron chi connectivity index (χ4n) is 4.47. The van der Waals surface area contributed by atoms with Crippen LogP contribution in [-0.4, -0.2) is 22.6 Å². The Balaban J connectivity index is 1.31. The first-order chi connectivity index (χ1) is 16.5. The smallest absolute Gasteiger partial charge is 0.266 e. The Bertz CT molecular complexity index is 1420. The van der Waals surface area contributed by atoms with Crippen LogP contribution in [0.25, 0.3) is 11.3 Å². The standard InChI is InChI=1S/C26H18ClN3O2S2/c27-18-8-11-21-20(13-18)26(25(32)29-21)30(24(31)15-34-26)19-9-6-17(7-10-19)22-14-33-23(28-22)12-16-4-2-1-3-5-16/h1-11,13-14H,12,15H2,(H,29,32). The molecule has 8 heteroatoms. The van der Waals surface area contributed by atoms with E-state index in [2.05, 4.69) is 17.4 Å². The number of hydrogen-bond donors (Lipinski definition) is 1. The molecule has 1 N–H and O–H groups in total. The summed E-state index contributed by atoms with van der Waals surface area (Å²) in [6.07, 6.45) is 0.794. The summed E-state index contributed by atoms with van der Waals surface area (Å²) in [4.78, 5) is 31.4.